The zero-order valence-corrected chi connectivity index (χ0v) is 12.7. The van der Waals surface area contributed by atoms with Gasteiger partial charge in [-0.05, 0) is 19.1 Å². The third kappa shape index (κ3) is 2.30. The number of rotatable bonds is 4. The van der Waals surface area contributed by atoms with Crippen LogP contribution in [0.15, 0.2) is 30.6 Å². The third-order valence-corrected chi connectivity index (χ3v) is 3.59. The monoisotopic (exact) mass is 299 g/mol. The minimum atomic E-state index is -0.406. The maximum Gasteiger partial charge on any atom is 0.354 e. The van der Waals surface area contributed by atoms with E-state index in [4.69, 9.17) is 4.74 Å². The standard InChI is InChI=1S/C15H17N5O2/c1-4-20-13(5-6-17-20)19(2)11-7-10-8-12(15(21)22-3)18-14(10)16-9-11/h5-9H,4H2,1-3H3,(H,16,18). The van der Waals surface area contributed by atoms with E-state index >= 15 is 0 Å². The molecule has 22 heavy (non-hydrogen) atoms. The van der Waals surface area contributed by atoms with Gasteiger partial charge in [0.25, 0.3) is 0 Å². The summed E-state index contributed by atoms with van der Waals surface area (Å²) >= 11 is 0. The van der Waals surface area contributed by atoms with E-state index in [2.05, 4.69) is 15.1 Å². The van der Waals surface area contributed by atoms with Crippen molar-refractivity contribution < 1.29 is 9.53 Å². The van der Waals surface area contributed by atoms with Crippen LogP contribution in [0.25, 0.3) is 11.0 Å². The van der Waals surface area contributed by atoms with E-state index in [0.717, 1.165) is 23.4 Å². The number of ether oxygens (including phenoxy) is 1. The van der Waals surface area contributed by atoms with E-state index in [1.807, 2.05) is 35.7 Å². The van der Waals surface area contributed by atoms with Crippen LogP contribution in [0.5, 0.6) is 0 Å². The first-order valence-corrected chi connectivity index (χ1v) is 6.96. The van der Waals surface area contributed by atoms with Gasteiger partial charge in [0.05, 0.1) is 25.2 Å². The summed E-state index contributed by atoms with van der Waals surface area (Å²) in [7, 11) is 3.31. The number of nitrogens with zero attached hydrogens (tertiary/aromatic N) is 4. The highest BCUT2D eigenvalue weighted by molar-refractivity contribution is 5.94. The molecule has 0 fully saturated rings. The Kier molecular flexibility index (Phi) is 3.54. The summed E-state index contributed by atoms with van der Waals surface area (Å²) < 4.78 is 6.62. The first-order valence-electron chi connectivity index (χ1n) is 6.96. The second-order valence-electron chi connectivity index (χ2n) is 4.87. The predicted molar refractivity (Wildman–Crippen MR) is 83.4 cm³/mol. The normalized spacial score (nSPS) is 10.9. The average Bonchev–Trinajstić information content (AvgIpc) is 3.18. The van der Waals surface area contributed by atoms with Crippen LogP contribution in [0, 0.1) is 0 Å². The summed E-state index contributed by atoms with van der Waals surface area (Å²) in [6.07, 6.45) is 3.53. The van der Waals surface area contributed by atoms with Gasteiger partial charge in [0.15, 0.2) is 0 Å². The fourth-order valence-corrected chi connectivity index (χ4v) is 2.39. The lowest BCUT2D eigenvalue weighted by Gasteiger charge is -2.19. The molecular formula is C15H17N5O2. The molecular weight excluding hydrogens is 282 g/mol. The maximum atomic E-state index is 11.6. The number of fused-ring (bicyclic) bond motifs is 1. The number of aryl methyl sites for hydroxylation is 1. The van der Waals surface area contributed by atoms with Crippen molar-refractivity contribution in [3.05, 3.63) is 36.3 Å². The highest BCUT2D eigenvalue weighted by Crippen LogP contribution is 2.26. The second-order valence-corrected chi connectivity index (χ2v) is 4.87. The quantitative estimate of drug-likeness (QED) is 0.748. The molecule has 3 rings (SSSR count). The Balaban J connectivity index is 1.99. The van der Waals surface area contributed by atoms with Crippen LogP contribution >= 0.6 is 0 Å². The fraction of sp³-hybridized carbons (Fsp3) is 0.267. The van der Waals surface area contributed by atoms with E-state index in [9.17, 15) is 4.79 Å². The van der Waals surface area contributed by atoms with Crippen molar-refractivity contribution in [1.82, 2.24) is 19.7 Å². The molecule has 7 heteroatoms. The molecule has 3 heterocycles. The molecule has 0 aliphatic heterocycles. The molecule has 0 saturated heterocycles. The van der Waals surface area contributed by atoms with Crippen molar-refractivity contribution in [2.45, 2.75) is 13.5 Å². The number of nitrogens with one attached hydrogen (secondary N) is 1. The lowest BCUT2D eigenvalue weighted by atomic mass is 10.3. The van der Waals surface area contributed by atoms with E-state index in [-0.39, 0.29) is 0 Å². The van der Waals surface area contributed by atoms with Gasteiger partial charge in [-0.2, -0.15) is 5.10 Å². The highest BCUT2D eigenvalue weighted by atomic mass is 16.5. The lowest BCUT2D eigenvalue weighted by molar-refractivity contribution is 0.0595. The molecule has 0 unspecified atom stereocenters. The summed E-state index contributed by atoms with van der Waals surface area (Å²) in [5, 5.41) is 5.12. The van der Waals surface area contributed by atoms with Crippen LogP contribution in [0.3, 0.4) is 0 Å². The zero-order chi connectivity index (χ0) is 15.7. The van der Waals surface area contributed by atoms with Gasteiger partial charge >= 0.3 is 5.97 Å². The molecule has 114 valence electrons. The smallest absolute Gasteiger partial charge is 0.354 e. The van der Waals surface area contributed by atoms with Crippen LogP contribution in [0.2, 0.25) is 0 Å². The van der Waals surface area contributed by atoms with Crippen molar-refractivity contribution in [3.8, 4) is 0 Å². The molecule has 7 nitrogen and oxygen atoms in total. The van der Waals surface area contributed by atoms with Gasteiger partial charge in [-0.15, -0.1) is 0 Å². The molecule has 0 saturated carbocycles. The topological polar surface area (TPSA) is 76.0 Å². The van der Waals surface area contributed by atoms with Crippen LogP contribution < -0.4 is 4.90 Å². The van der Waals surface area contributed by atoms with Gasteiger partial charge in [0.2, 0.25) is 0 Å². The maximum absolute atomic E-state index is 11.6. The van der Waals surface area contributed by atoms with Gasteiger partial charge in [-0.3, -0.25) is 0 Å². The predicted octanol–water partition coefficient (Wildman–Crippen LogP) is 2.33. The van der Waals surface area contributed by atoms with Crippen LogP contribution in [0.1, 0.15) is 17.4 Å². The van der Waals surface area contributed by atoms with Gasteiger partial charge in [-0.1, -0.05) is 0 Å². The van der Waals surface area contributed by atoms with Crippen molar-refractivity contribution in [1.29, 1.82) is 0 Å². The van der Waals surface area contributed by atoms with Crippen molar-refractivity contribution in [2.75, 3.05) is 19.1 Å². The third-order valence-electron chi connectivity index (χ3n) is 3.59. The Labute approximate surface area is 127 Å². The largest absolute Gasteiger partial charge is 0.464 e. The van der Waals surface area contributed by atoms with Gasteiger partial charge < -0.3 is 14.6 Å². The van der Waals surface area contributed by atoms with E-state index in [0.29, 0.717) is 11.3 Å². The number of hydrogen-bond acceptors (Lipinski definition) is 5. The van der Waals surface area contributed by atoms with Crippen LogP contribution in [-0.4, -0.2) is 39.9 Å². The highest BCUT2D eigenvalue weighted by Gasteiger charge is 2.13. The Morgan fingerprint density at radius 2 is 2.27 bits per heavy atom. The van der Waals surface area contributed by atoms with Crippen LogP contribution in [-0.2, 0) is 11.3 Å². The van der Waals surface area contributed by atoms with Gasteiger partial charge in [0.1, 0.15) is 17.2 Å². The minimum Gasteiger partial charge on any atom is -0.464 e. The number of aromatic amines is 1. The van der Waals surface area contributed by atoms with E-state index in [1.165, 1.54) is 7.11 Å². The molecule has 0 spiro atoms. The second kappa shape index (κ2) is 5.51. The molecule has 3 aromatic rings. The van der Waals surface area contributed by atoms with Gasteiger partial charge in [-0.25, -0.2) is 14.5 Å². The number of hydrogen-bond donors (Lipinski definition) is 1. The number of methoxy groups -OCH3 is 1. The zero-order valence-electron chi connectivity index (χ0n) is 12.7. The number of pyridine rings is 1. The van der Waals surface area contributed by atoms with Gasteiger partial charge in [0, 0.05) is 25.0 Å². The lowest BCUT2D eigenvalue weighted by Crippen LogP contribution is -2.15. The summed E-state index contributed by atoms with van der Waals surface area (Å²) in [6.45, 7) is 2.83. The summed E-state index contributed by atoms with van der Waals surface area (Å²) in [5.41, 5.74) is 1.96. The first-order chi connectivity index (χ1) is 10.6. The summed E-state index contributed by atoms with van der Waals surface area (Å²) in [6, 6.07) is 5.66. The molecule has 0 aliphatic carbocycles. The summed E-state index contributed by atoms with van der Waals surface area (Å²) in [4.78, 5) is 20.9. The average molecular weight is 299 g/mol. The molecule has 0 aliphatic rings. The molecule has 3 aromatic heterocycles. The molecule has 0 amide bonds. The van der Waals surface area contributed by atoms with Crippen LogP contribution in [0.4, 0.5) is 11.5 Å². The SMILES string of the molecule is CCn1nccc1N(C)c1cnc2[nH]c(C(=O)OC)cc2c1. The Bertz CT molecular complexity index is 820. The fourth-order valence-electron chi connectivity index (χ4n) is 2.39. The molecule has 0 aromatic carbocycles. The Morgan fingerprint density at radius 1 is 1.45 bits per heavy atom. The number of H-pyrrole nitrogens is 1. The van der Waals surface area contributed by atoms with Crippen molar-refractivity contribution in [2.24, 2.45) is 0 Å². The molecule has 0 atom stereocenters. The number of aromatic nitrogens is 4. The number of carbonyl (C=O) groups excluding carboxylic acids is 1. The molecule has 1 N–H and O–H groups in total. The first kappa shape index (κ1) is 14.1. The van der Waals surface area contributed by atoms with Crippen molar-refractivity contribution in [3.63, 3.8) is 0 Å². The van der Waals surface area contributed by atoms with E-state index in [1.54, 1.807) is 18.5 Å². The minimum absolute atomic E-state index is 0.392. The Morgan fingerprint density at radius 3 is 3.00 bits per heavy atom. The van der Waals surface area contributed by atoms with E-state index < -0.39 is 5.97 Å². The molecule has 0 bridgehead atoms. The Hall–Kier alpha value is -2.83. The summed E-state index contributed by atoms with van der Waals surface area (Å²) in [5.74, 6) is 0.573. The number of carbonyl (C=O) groups is 1. The molecule has 0 radical (unpaired) electrons. The number of anilines is 2. The number of esters is 1. The van der Waals surface area contributed by atoms with Crippen molar-refractivity contribution >= 4 is 28.5 Å².